The van der Waals surface area contributed by atoms with E-state index in [0.29, 0.717) is 0 Å². The first-order valence-electron chi connectivity index (χ1n) is 2.09. The molecule has 0 saturated heterocycles. The van der Waals surface area contributed by atoms with Crippen LogP contribution in [0.2, 0.25) is 0 Å². The Morgan fingerprint density at radius 2 is 0.692 bits per heavy atom. The molecule has 3 nitrogen and oxygen atoms in total. The molecule has 0 aromatic rings. The summed E-state index contributed by atoms with van der Waals surface area (Å²) >= 11 is 24.8. The quantitative estimate of drug-likeness (QED) is 0.295. The van der Waals surface area contributed by atoms with E-state index in [-0.39, 0.29) is 30.3 Å². The first-order valence-corrected chi connectivity index (χ1v) is 4.54. The third kappa shape index (κ3) is 2040. The van der Waals surface area contributed by atoms with Crippen molar-refractivity contribution in [3.63, 3.8) is 0 Å². The predicted molar refractivity (Wildman–Crippen MR) is 78.2 cm³/mol. The molecule has 0 aliphatic carbocycles. The normalized spacial score (nSPS) is 5.54. The molecule has 0 aromatic carbocycles. The second-order valence-corrected chi connectivity index (χ2v) is 4.37. The number of rotatable bonds is 0. The van der Waals surface area contributed by atoms with Crippen molar-refractivity contribution in [2.24, 2.45) is 17.2 Å². The van der Waals surface area contributed by atoms with Gasteiger partial charge in [0.05, 0.1) is 0 Å². The van der Waals surface area contributed by atoms with Crippen LogP contribution < -0.4 is 17.2 Å². The van der Waals surface area contributed by atoms with Crippen LogP contribution in [0, 0.1) is 0 Å². The summed E-state index contributed by atoms with van der Waals surface area (Å²) in [4.78, 5) is 0. The SMILES string of the molecule is NC(=S)[S-].NC(=S)[S-].NC(=S)[S-].[Al+3]. The Kier molecular flexibility index (Phi) is 33.8. The summed E-state index contributed by atoms with van der Waals surface area (Å²) in [5.41, 5.74) is 14.0. The van der Waals surface area contributed by atoms with Crippen LogP contribution >= 0.6 is 36.7 Å². The van der Waals surface area contributed by atoms with Gasteiger partial charge in [0.1, 0.15) is 0 Å². The number of hydrogen-bond donors (Lipinski definition) is 3. The van der Waals surface area contributed by atoms with Gasteiger partial charge in [-0.15, -0.1) is 0 Å². The molecule has 6 N–H and O–H groups in total. The fourth-order valence-electron chi connectivity index (χ4n) is 0. The molecule has 0 bridgehead atoms. The van der Waals surface area contributed by atoms with E-state index in [0.717, 1.165) is 0 Å². The minimum atomic E-state index is 0. The molecule has 72 valence electrons. The summed E-state index contributed by atoms with van der Waals surface area (Å²) in [5, 5.41) is 0. The second-order valence-electron chi connectivity index (χ2n) is 0.957. The van der Waals surface area contributed by atoms with E-state index >= 15 is 0 Å². The molecule has 0 aromatic heterocycles. The zero-order valence-corrected chi connectivity index (χ0v) is 12.3. The van der Waals surface area contributed by atoms with E-state index in [4.69, 9.17) is 0 Å². The maximum atomic E-state index is 4.66. The van der Waals surface area contributed by atoms with Gasteiger partial charge >= 0.3 is 17.4 Å². The number of thiocarbonyl (C=S) groups is 3. The third-order valence-electron chi connectivity index (χ3n) is 0. The molecule has 0 aliphatic rings. The van der Waals surface area contributed by atoms with Crippen molar-refractivity contribution >= 4 is 105 Å². The number of hydrogen-bond acceptors (Lipinski definition) is 6. The standard InChI is InChI=1S/3CH3NS2.Al/c3*2-1(3)4;/h3*(H3,2,3,4);/q;;;+3/p-3. The first-order chi connectivity index (χ1) is 5.20. The zero-order valence-electron chi connectivity index (χ0n) is 6.26. The summed E-state index contributed by atoms with van der Waals surface area (Å²) in [7, 11) is 0. The van der Waals surface area contributed by atoms with Crippen LogP contribution in [0.5, 0.6) is 0 Å². The van der Waals surface area contributed by atoms with Crippen LogP contribution in [0.3, 0.4) is 0 Å². The Morgan fingerprint density at radius 3 is 0.692 bits per heavy atom. The van der Waals surface area contributed by atoms with Gasteiger partial charge in [0.2, 0.25) is 0 Å². The molecular formula is C3H6AlN3S6. The molecule has 0 rings (SSSR count). The minimum absolute atomic E-state index is 0. The van der Waals surface area contributed by atoms with E-state index in [9.17, 15) is 0 Å². The zero-order chi connectivity index (χ0) is 10.7. The van der Waals surface area contributed by atoms with Crippen LogP contribution in [0.25, 0.3) is 0 Å². The number of nitrogens with two attached hydrogens (primary N) is 3. The molecule has 0 fully saturated rings. The van der Waals surface area contributed by atoms with Crippen molar-refractivity contribution < 1.29 is 0 Å². The maximum Gasteiger partial charge on any atom is 3.00 e. The van der Waals surface area contributed by atoms with Gasteiger partial charge in [-0.25, -0.2) is 0 Å². The Morgan fingerprint density at radius 1 is 0.692 bits per heavy atom. The van der Waals surface area contributed by atoms with E-state index in [2.05, 4.69) is 91.7 Å². The third-order valence-corrected chi connectivity index (χ3v) is 0. The van der Waals surface area contributed by atoms with Gasteiger partial charge in [0.15, 0.2) is 0 Å². The molecule has 0 aliphatic heterocycles. The summed E-state index contributed by atoms with van der Waals surface area (Å²) in [6, 6.07) is 0. The van der Waals surface area contributed by atoms with E-state index < -0.39 is 0 Å². The summed E-state index contributed by atoms with van der Waals surface area (Å²) in [5.74, 6) is 0. The van der Waals surface area contributed by atoms with Gasteiger partial charge in [0, 0.05) is 0 Å². The maximum absolute atomic E-state index is 4.66. The molecule has 0 heterocycles. The molecule has 0 radical (unpaired) electrons. The van der Waals surface area contributed by atoms with Crippen LogP contribution in [-0.4, -0.2) is 30.3 Å². The molecule has 0 saturated carbocycles. The largest absolute Gasteiger partial charge is 3.00 e. The Labute approximate surface area is 121 Å². The molecule has 10 heteroatoms. The van der Waals surface area contributed by atoms with Crippen LogP contribution in [0.15, 0.2) is 0 Å². The topological polar surface area (TPSA) is 78.1 Å². The van der Waals surface area contributed by atoms with Gasteiger partial charge in [-0.1, -0.05) is 13.0 Å². The Bertz CT molecular complexity index is 121. The molecule has 13 heavy (non-hydrogen) atoms. The fraction of sp³-hybridized carbons (Fsp3) is 0. The van der Waals surface area contributed by atoms with Crippen molar-refractivity contribution in [1.29, 1.82) is 0 Å². The average Bonchev–Trinajstić information content (AvgIpc) is 1.54. The smallest absolute Gasteiger partial charge is 0.415 e. The summed E-state index contributed by atoms with van der Waals surface area (Å²) in [6.07, 6.45) is 0. The van der Waals surface area contributed by atoms with Crippen molar-refractivity contribution in [2.45, 2.75) is 0 Å². The summed E-state index contributed by atoms with van der Waals surface area (Å²) in [6.45, 7) is 0. The van der Waals surface area contributed by atoms with Gasteiger partial charge in [-0.3, -0.25) is 0 Å². The van der Waals surface area contributed by atoms with Crippen molar-refractivity contribution in [2.75, 3.05) is 0 Å². The van der Waals surface area contributed by atoms with Crippen LogP contribution in [0.4, 0.5) is 0 Å². The van der Waals surface area contributed by atoms with Gasteiger partial charge in [-0.2, -0.15) is 0 Å². The molecular weight excluding hydrogens is 297 g/mol. The van der Waals surface area contributed by atoms with Gasteiger partial charge < -0.3 is 91.7 Å². The minimum Gasteiger partial charge on any atom is -0.415 e. The van der Waals surface area contributed by atoms with Gasteiger partial charge in [-0.05, 0) is 0 Å². The fourth-order valence-corrected chi connectivity index (χ4v) is 0. The molecule has 0 spiro atoms. The van der Waals surface area contributed by atoms with Gasteiger partial charge in [0.25, 0.3) is 0 Å². The van der Waals surface area contributed by atoms with E-state index in [1.165, 1.54) is 0 Å². The molecule has 0 amide bonds. The summed E-state index contributed by atoms with van der Waals surface area (Å²) < 4.78 is 0.250. The Balaban J connectivity index is -0.0000000450. The van der Waals surface area contributed by atoms with Crippen molar-refractivity contribution in [1.82, 2.24) is 0 Å². The second kappa shape index (κ2) is 18.6. The molecule has 0 unspecified atom stereocenters. The van der Waals surface area contributed by atoms with E-state index in [1.807, 2.05) is 0 Å². The van der Waals surface area contributed by atoms with Crippen molar-refractivity contribution in [3.05, 3.63) is 0 Å². The average molecular weight is 303 g/mol. The van der Waals surface area contributed by atoms with E-state index in [1.54, 1.807) is 0 Å². The monoisotopic (exact) mass is 303 g/mol. The predicted octanol–water partition coefficient (Wildman–Crippen LogP) is -1.05. The van der Waals surface area contributed by atoms with Crippen molar-refractivity contribution in [3.8, 4) is 0 Å². The van der Waals surface area contributed by atoms with Crippen LogP contribution in [-0.2, 0) is 37.9 Å². The molecule has 0 atom stereocenters. The van der Waals surface area contributed by atoms with Crippen LogP contribution in [0.1, 0.15) is 0 Å². The first kappa shape index (κ1) is 23.6. The Hall–Kier alpha value is 0.862.